The number of hydrogen-bond acceptors (Lipinski definition) is 5. The van der Waals surface area contributed by atoms with Crippen LogP contribution < -0.4 is 15.4 Å². The van der Waals surface area contributed by atoms with Gasteiger partial charge in [0.15, 0.2) is 12.2 Å². The average Bonchev–Trinajstić information content (AvgIpc) is 2.63. The Morgan fingerprint density at radius 3 is 2.81 bits per heavy atom. The molecule has 2 aliphatic rings. The quantitative estimate of drug-likeness (QED) is 0.808. The molecule has 0 radical (unpaired) electrons. The Hall–Kier alpha value is -3.35. The number of fused-ring (bicyclic) bond motifs is 2. The van der Waals surface area contributed by atoms with E-state index in [-0.39, 0.29) is 5.91 Å². The first-order chi connectivity index (χ1) is 12.5. The maximum absolute atomic E-state index is 12.5. The van der Waals surface area contributed by atoms with Gasteiger partial charge in [0, 0.05) is 12.1 Å². The molecule has 26 heavy (non-hydrogen) atoms. The highest BCUT2D eigenvalue weighted by Gasteiger charge is 2.31. The first-order valence-electron chi connectivity index (χ1n) is 8.22. The van der Waals surface area contributed by atoms with Gasteiger partial charge in [-0.2, -0.15) is 0 Å². The summed E-state index contributed by atoms with van der Waals surface area (Å²) in [5.41, 5.74) is 2.22. The lowest BCUT2D eigenvalue weighted by Gasteiger charge is -2.25. The van der Waals surface area contributed by atoms with Crippen molar-refractivity contribution >= 4 is 29.2 Å². The van der Waals surface area contributed by atoms with Gasteiger partial charge in [0.05, 0.1) is 11.3 Å². The molecule has 2 aromatic carbocycles. The molecule has 0 unspecified atom stereocenters. The zero-order valence-corrected chi connectivity index (χ0v) is 13.9. The van der Waals surface area contributed by atoms with Crippen molar-refractivity contribution < 1.29 is 23.9 Å². The van der Waals surface area contributed by atoms with Crippen LogP contribution in [-0.2, 0) is 20.7 Å². The first kappa shape index (κ1) is 16.1. The lowest BCUT2D eigenvalue weighted by atomic mass is 9.98. The van der Waals surface area contributed by atoms with Crippen LogP contribution in [0.3, 0.4) is 0 Å². The minimum atomic E-state index is -0.903. The van der Waals surface area contributed by atoms with Gasteiger partial charge in [-0.3, -0.25) is 9.59 Å². The lowest BCUT2D eigenvalue weighted by Crippen LogP contribution is -2.38. The summed E-state index contributed by atoms with van der Waals surface area (Å²) in [6.07, 6.45) is -1.15. The molecule has 7 nitrogen and oxygen atoms in total. The molecule has 2 amide bonds. The van der Waals surface area contributed by atoms with Gasteiger partial charge < -0.3 is 20.1 Å². The molecule has 0 aliphatic carbocycles. The number of hydrogen-bond donors (Lipinski definition) is 2. The fourth-order valence-electron chi connectivity index (χ4n) is 2.99. The van der Waals surface area contributed by atoms with E-state index in [9.17, 15) is 14.4 Å². The summed E-state index contributed by atoms with van der Waals surface area (Å²) in [7, 11) is 0. The number of amides is 2. The summed E-state index contributed by atoms with van der Waals surface area (Å²) in [5.74, 6) is -0.650. The number of cyclic esters (lactones) is 1. The molecule has 2 aliphatic heterocycles. The molecule has 7 heteroatoms. The molecular formula is C19H16N2O5. The van der Waals surface area contributed by atoms with Crippen LogP contribution in [0, 0.1) is 0 Å². The van der Waals surface area contributed by atoms with Crippen molar-refractivity contribution in [1.29, 1.82) is 0 Å². The van der Waals surface area contributed by atoms with Gasteiger partial charge in [-0.25, -0.2) is 4.79 Å². The van der Waals surface area contributed by atoms with E-state index < -0.39 is 24.1 Å². The van der Waals surface area contributed by atoms with Gasteiger partial charge >= 0.3 is 5.97 Å². The second kappa shape index (κ2) is 6.18. The largest absolute Gasteiger partial charge is 0.479 e. The third kappa shape index (κ3) is 2.88. The summed E-state index contributed by atoms with van der Waals surface area (Å²) >= 11 is 0. The van der Waals surface area contributed by atoms with E-state index >= 15 is 0 Å². The van der Waals surface area contributed by atoms with E-state index in [0.29, 0.717) is 29.1 Å². The molecule has 2 heterocycles. The second-order valence-electron chi connectivity index (χ2n) is 6.20. The van der Waals surface area contributed by atoms with Crippen LogP contribution in [0.2, 0.25) is 0 Å². The molecule has 2 N–H and O–H groups in total. The van der Waals surface area contributed by atoms with E-state index in [0.717, 1.165) is 5.56 Å². The van der Waals surface area contributed by atoms with Gasteiger partial charge in [-0.15, -0.1) is 0 Å². The first-order valence-corrected chi connectivity index (χ1v) is 8.22. The van der Waals surface area contributed by atoms with Crippen molar-refractivity contribution in [3.63, 3.8) is 0 Å². The van der Waals surface area contributed by atoms with Crippen LogP contribution >= 0.6 is 0 Å². The van der Waals surface area contributed by atoms with Crippen LogP contribution in [0.4, 0.5) is 11.4 Å². The van der Waals surface area contributed by atoms with Gasteiger partial charge in [0.25, 0.3) is 11.8 Å². The van der Waals surface area contributed by atoms with Crippen molar-refractivity contribution in [1.82, 2.24) is 0 Å². The summed E-state index contributed by atoms with van der Waals surface area (Å²) in [4.78, 5) is 36.3. The number of carbonyl (C=O) groups is 3. The molecule has 4 rings (SSSR count). The Balaban J connectivity index is 1.50. The predicted octanol–water partition coefficient (Wildman–Crippen LogP) is 2.13. The smallest absolute Gasteiger partial charge is 0.339 e. The SMILES string of the molecule is C[C@H]1Oc2ccc(NC(=O)[C@@H]3Cc4ccccc4C(=O)O3)cc2NC1=O. The Kier molecular flexibility index (Phi) is 3.84. The highest BCUT2D eigenvalue weighted by molar-refractivity contribution is 6.01. The zero-order chi connectivity index (χ0) is 18.3. The van der Waals surface area contributed by atoms with Crippen LogP contribution in [-0.4, -0.2) is 30.0 Å². The summed E-state index contributed by atoms with van der Waals surface area (Å²) in [5, 5.41) is 5.44. The molecule has 2 atom stereocenters. The number of anilines is 2. The summed E-state index contributed by atoms with van der Waals surface area (Å²) < 4.78 is 10.7. The van der Waals surface area contributed by atoms with Crippen molar-refractivity contribution in [3.8, 4) is 5.75 Å². The Labute approximate surface area is 149 Å². The Morgan fingerprint density at radius 2 is 1.96 bits per heavy atom. The zero-order valence-electron chi connectivity index (χ0n) is 13.9. The molecule has 132 valence electrons. The normalized spacial score (nSPS) is 20.8. The predicted molar refractivity (Wildman–Crippen MR) is 93.1 cm³/mol. The molecule has 0 bridgehead atoms. The fraction of sp³-hybridized carbons (Fsp3) is 0.211. The molecule has 0 aromatic heterocycles. The third-order valence-electron chi connectivity index (χ3n) is 4.36. The molecular weight excluding hydrogens is 336 g/mol. The summed E-state index contributed by atoms with van der Waals surface area (Å²) in [6, 6.07) is 12.0. The van der Waals surface area contributed by atoms with E-state index in [1.807, 2.05) is 12.1 Å². The van der Waals surface area contributed by atoms with Gasteiger partial charge in [-0.1, -0.05) is 18.2 Å². The highest BCUT2D eigenvalue weighted by Crippen LogP contribution is 2.32. The van der Waals surface area contributed by atoms with Crippen LogP contribution in [0.1, 0.15) is 22.8 Å². The maximum atomic E-state index is 12.5. The van der Waals surface area contributed by atoms with Crippen molar-refractivity contribution in [2.24, 2.45) is 0 Å². The molecule has 2 aromatic rings. The van der Waals surface area contributed by atoms with Crippen molar-refractivity contribution in [2.75, 3.05) is 10.6 Å². The van der Waals surface area contributed by atoms with E-state index in [1.54, 1.807) is 37.3 Å². The Morgan fingerprint density at radius 1 is 1.15 bits per heavy atom. The fourth-order valence-corrected chi connectivity index (χ4v) is 2.99. The van der Waals surface area contributed by atoms with Crippen molar-refractivity contribution in [3.05, 3.63) is 53.6 Å². The third-order valence-corrected chi connectivity index (χ3v) is 4.36. The topological polar surface area (TPSA) is 93.7 Å². The number of ether oxygens (including phenoxy) is 2. The number of rotatable bonds is 2. The van der Waals surface area contributed by atoms with Crippen LogP contribution in [0.15, 0.2) is 42.5 Å². The molecule has 0 spiro atoms. The van der Waals surface area contributed by atoms with Gasteiger partial charge in [0.1, 0.15) is 5.75 Å². The highest BCUT2D eigenvalue weighted by atomic mass is 16.5. The van der Waals surface area contributed by atoms with Gasteiger partial charge in [0.2, 0.25) is 0 Å². The lowest BCUT2D eigenvalue weighted by molar-refractivity contribution is -0.125. The number of benzene rings is 2. The minimum absolute atomic E-state index is 0.251. The monoisotopic (exact) mass is 352 g/mol. The summed E-state index contributed by atoms with van der Waals surface area (Å²) in [6.45, 7) is 1.66. The molecule has 0 fully saturated rings. The van der Waals surface area contributed by atoms with Crippen LogP contribution in [0.25, 0.3) is 0 Å². The average molecular weight is 352 g/mol. The second-order valence-corrected chi connectivity index (χ2v) is 6.20. The van der Waals surface area contributed by atoms with E-state index in [4.69, 9.17) is 9.47 Å². The number of nitrogens with one attached hydrogen (secondary N) is 2. The molecule has 0 saturated carbocycles. The van der Waals surface area contributed by atoms with E-state index in [1.165, 1.54) is 0 Å². The number of carbonyl (C=O) groups excluding carboxylic acids is 3. The molecule has 0 saturated heterocycles. The maximum Gasteiger partial charge on any atom is 0.339 e. The standard InChI is InChI=1S/C19H16N2O5/c1-10-17(22)21-14-9-12(6-7-15(14)25-10)20-18(23)16-8-11-4-2-3-5-13(11)19(24)26-16/h2-7,9-10,16H,8H2,1H3,(H,20,23)(H,21,22)/t10-,16+/m1/s1. The number of esters is 1. The van der Waals surface area contributed by atoms with Crippen LogP contribution in [0.5, 0.6) is 5.75 Å². The Bertz CT molecular complexity index is 924. The van der Waals surface area contributed by atoms with Crippen molar-refractivity contribution in [2.45, 2.75) is 25.6 Å². The van der Waals surface area contributed by atoms with E-state index in [2.05, 4.69) is 10.6 Å². The minimum Gasteiger partial charge on any atom is -0.479 e. The van der Waals surface area contributed by atoms with Gasteiger partial charge in [-0.05, 0) is 36.8 Å².